The summed E-state index contributed by atoms with van der Waals surface area (Å²) < 4.78 is 1.95. The number of aromatic nitrogens is 3. The number of likely N-dealkylation sites (N-methyl/N-ethyl adjacent to an activating group) is 1. The molecule has 7 nitrogen and oxygen atoms in total. The number of nitrogens with zero attached hydrogens (tertiary/aromatic N) is 5. The van der Waals surface area contributed by atoms with E-state index in [9.17, 15) is 9.90 Å². The van der Waals surface area contributed by atoms with Crippen LogP contribution in [0.3, 0.4) is 0 Å². The standard InChI is InChI=1S/C15H21N5O2/c1-4-19-9-16-12-13(20-7-5-18(3)6-8-20)11(15(21)22)10(2)17-14(12)19/h9H,4-8H2,1-3H3,(H,21,22). The molecule has 22 heavy (non-hydrogen) atoms. The number of hydrogen-bond acceptors (Lipinski definition) is 5. The van der Waals surface area contributed by atoms with E-state index in [2.05, 4.69) is 26.8 Å². The van der Waals surface area contributed by atoms with Gasteiger partial charge in [-0.1, -0.05) is 0 Å². The number of aromatic carboxylic acids is 1. The van der Waals surface area contributed by atoms with Crippen LogP contribution < -0.4 is 4.90 Å². The van der Waals surface area contributed by atoms with Crippen LogP contribution in [0.15, 0.2) is 6.33 Å². The minimum atomic E-state index is -0.938. The van der Waals surface area contributed by atoms with Crippen LogP contribution in [0, 0.1) is 6.92 Å². The Morgan fingerprint density at radius 3 is 2.59 bits per heavy atom. The van der Waals surface area contributed by atoms with Gasteiger partial charge in [-0.25, -0.2) is 14.8 Å². The van der Waals surface area contributed by atoms with Crippen LogP contribution in [0.1, 0.15) is 23.0 Å². The molecule has 0 unspecified atom stereocenters. The van der Waals surface area contributed by atoms with Crippen molar-refractivity contribution in [3.63, 3.8) is 0 Å². The van der Waals surface area contributed by atoms with Crippen molar-refractivity contribution in [2.45, 2.75) is 20.4 Å². The van der Waals surface area contributed by atoms with Crippen molar-refractivity contribution in [3.05, 3.63) is 17.6 Å². The SMILES string of the molecule is CCn1cnc2c(N3CCN(C)CC3)c(C(=O)O)c(C)nc21. The largest absolute Gasteiger partial charge is 0.478 e. The Morgan fingerprint density at radius 2 is 2.00 bits per heavy atom. The van der Waals surface area contributed by atoms with Crippen LogP contribution in [0.5, 0.6) is 0 Å². The van der Waals surface area contributed by atoms with E-state index >= 15 is 0 Å². The maximum atomic E-state index is 11.8. The van der Waals surface area contributed by atoms with Gasteiger partial charge in [-0.15, -0.1) is 0 Å². The third-order valence-corrected chi connectivity index (χ3v) is 4.28. The molecule has 3 heterocycles. The van der Waals surface area contributed by atoms with Gasteiger partial charge in [0.1, 0.15) is 11.1 Å². The summed E-state index contributed by atoms with van der Waals surface area (Å²) in [7, 11) is 2.08. The Hall–Kier alpha value is -2.15. The molecule has 0 aliphatic carbocycles. The van der Waals surface area contributed by atoms with E-state index in [1.807, 2.05) is 11.5 Å². The van der Waals surface area contributed by atoms with Crippen LogP contribution in [0.4, 0.5) is 5.69 Å². The lowest BCUT2D eigenvalue weighted by molar-refractivity contribution is 0.0696. The lowest BCUT2D eigenvalue weighted by Crippen LogP contribution is -2.45. The molecule has 0 amide bonds. The quantitative estimate of drug-likeness (QED) is 0.918. The highest BCUT2D eigenvalue weighted by molar-refractivity contribution is 6.03. The summed E-state index contributed by atoms with van der Waals surface area (Å²) in [6, 6.07) is 0. The second-order valence-electron chi connectivity index (χ2n) is 5.72. The van der Waals surface area contributed by atoms with Crippen LogP contribution in [0.25, 0.3) is 11.2 Å². The minimum Gasteiger partial charge on any atom is -0.478 e. The summed E-state index contributed by atoms with van der Waals surface area (Å²) in [6.45, 7) is 7.97. The van der Waals surface area contributed by atoms with Crippen molar-refractivity contribution in [2.24, 2.45) is 0 Å². The molecule has 0 bridgehead atoms. The predicted molar refractivity (Wildman–Crippen MR) is 84.6 cm³/mol. The molecule has 7 heteroatoms. The zero-order chi connectivity index (χ0) is 15.9. The number of pyridine rings is 1. The summed E-state index contributed by atoms with van der Waals surface area (Å²) in [5.41, 5.74) is 2.99. The molecule has 1 fully saturated rings. The average molecular weight is 303 g/mol. The number of hydrogen-bond donors (Lipinski definition) is 1. The highest BCUT2D eigenvalue weighted by Gasteiger charge is 2.27. The number of rotatable bonds is 3. The number of anilines is 1. The molecule has 1 N–H and O–H groups in total. The molecule has 1 aliphatic rings. The van der Waals surface area contributed by atoms with Gasteiger partial charge < -0.3 is 19.5 Å². The van der Waals surface area contributed by atoms with Crippen molar-refractivity contribution in [2.75, 3.05) is 38.1 Å². The third kappa shape index (κ3) is 2.31. The van der Waals surface area contributed by atoms with E-state index in [1.165, 1.54) is 0 Å². The van der Waals surface area contributed by atoms with Crippen molar-refractivity contribution in [1.29, 1.82) is 0 Å². The minimum absolute atomic E-state index is 0.276. The summed E-state index contributed by atoms with van der Waals surface area (Å²) in [5.74, 6) is -0.938. The molecule has 2 aromatic heterocycles. The highest BCUT2D eigenvalue weighted by atomic mass is 16.4. The van der Waals surface area contributed by atoms with Gasteiger partial charge in [-0.3, -0.25) is 0 Å². The molecule has 0 spiro atoms. The zero-order valence-electron chi connectivity index (χ0n) is 13.2. The van der Waals surface area contributed by atoms with Crippen molar-refractivity contribution in [1.82, 2.24) is 19.4 Å². The Kier molecular flexibility index (Phi) is 3.74. The normalized spacial score (nSPS) is 16.4. The molecule has 3 rings (SSSR count). The maximum absolute atomic E-state index is 11.8. The number of fused-ring (bicyclic) bond motifs is 1. The Labute approximate surface area is 129 Å². The first kappa shape index (κ1) is 14.8. The van der Waals surface area contributed by atoms with Crippen molar-refractivity contribution < 1.29 is 9.90 Å². The van der Waals surface area contributed by atoms with E-state index in [0.717, 1.165) is 44.1 Å². The number of carboxylic acids is 1. The molecule has 1 saturated heterocycles. The van der Waals surface area contributed by atoms with Crippen molar-refractivity contribution >= 4 is 22.8 Å². The van der Waals surface area contributed by atoms with Crippen LogP contribution >= 0.6 is 0 Å². The Bertz CT molecular complexity index is 716. The topological polar surface area (TPSA) is 74.5 Å². The summed E-state index contributed by atoms with van der Waals surface area (Å²) in [5, 5.41) is 9.64. The van der Waals surface area contributed by atoms with E-state index in [1.54, 1.807) is 13.3 Å². The number of piperazine rings is 1. The van der Waals surface area contributed by atoms with Gasteiger partial charge in [0.25, 0.3) is 0 Å². The molecule has 1 aliphatic heterocycles. The number of carbonyl (C=O) groups is 1. The van der Waals surface area contributed by atoms with Gasteiger partial charge in [0.15, 0.2) is 5.65 Å². The van der Waals surface area contributed by atoms with Crippen LogP contribution in [-0.2, 0) is 6.54 Å². The molecule has 0 atom stereocenters. The molecule has 0 aromatic carbocycles. The molecule has 2 aromatic rings. The smallest absolute Gasteiger partial charge is 0.339 e. The fraction of sp³-hybridized carbons (Fsp3) is 0.533. The molecular formula is C15H21N5O2. The van der Waals surface area contributed by atoms with Gasteiger partial charge in [0.2, 0.25) is 0 Å². The fourth-order valence-electron chi connectivity index (χ4n) is 2.99. The van der Waals surface area contributed by atoms with Crippen LogP contribution in [-0.4, -0.2) is 63.7 Å². The second kappa shape index (κ2) is 5.57. The second-order valence-corrected chi connectivity index (χ2v) is 5.72. The molecule has 118 valence electrons. The van der Waals surface area contributed by atoms with Crippen molar-refractivity contribution in [3.8, 4) is 0 Å². The number of aryl methyl sites for hydroxylation is 2. The monoisotopic (exact) mass is 303 g/mol. The lowest BCUT2D eigenvalue weighted by atomic mass is 10.1. The summed E-state index contributed by atoms with van der Waals surface area (Å²) >= 11 is 0. The van der Waals surface area contributed by atoms with E-state index in [0.29, 0.717) is 11.2 Å². The van der Waals surface area contributed by atoms with E-state index < -0.39 is 5.97 Å². The van der Waals surface area contributed by atoms with Gasteiger partial charge >= 0.3 is 5.97 Å². The summed E-state index contributed by atoms with van der Waals surface area (Å²) in [4.78, 5) is 25.1. The predicted octanol–water partition coefficient (Wildman–Crippen LogP) is 1.21. The Morgan fingerprint density at radius 1 is 1.32 bits per heavy atom. The third-order valence-electron chi connectivity index (χ3n) is 4.28. The Balaban J connectivity index is 2.22. The lowest BCUT2D eigenvalue weighted by Gasteiger charge is -2.35. The van der Waals surface area contributed by atoms with E-state index in [-0.39, 0.29) is 5.56 Å². The molecule has 0 radical (unpaired) electrons. The van der Waals surface area contributed by atoms with Gasteiger partial charge in [-0.2, -0.15) is 0 Å². The van der Waals surface area contributed by atoms with Crippen LogP contribution in [0.2, 0.25) is 0 Å². The zero-order valence-corrected chi connectivity index (χ0v) is 13.2. The first-order valence-corrected chi connectivity index (χ1v) is 7.55. The number of imidazole rings is 1. The summed E-state index contributed by atoms with van der Waals surface area (Å²) in [6.07, 6.45) is 1.74. The van der Waals surface area contributed by atoms with Gasteiger partial charge in [0.05, 0.1) is 17.7 Å². The highest BCUT2D eigenvalue weighted by Crippen LogP contribution is 2.31. The van der Waals surface area contributed by atoms with E-state index in [4.69, 9.17) is 0 Å². The van der Waals surface area contributed by atoms with Gasteiger partial charge in [-0.05, 0) is 20.9 Å². The number of carboxylic acid groups (broad SMARTS) is 1. The molecular weight excluding hydrogens is 282 g/mol. The first-order chi connectivity index (χ1) is 10.5. The van der Waals surface area contributed by atoms with Gasteiger partial charge in [0, 0.05) is 32.7 Å². The molecule has 0 saturated carbocycles. The maximum Gasteiger partial charge on any atom is 0.339 e. The fourth-order valence-corrected chi connectivity index (χ4v) is 2.99. The average Bonchev–Trinajstić information content (AvgIpc) is 2.89. The first-order valence-electron chi connectivity index (χ1n) is 7.55.